The topological polar surface area (TPSA) is 66.8 Å². The number of carbonyl (C=O) groups is 1. The number of aliphatic carboxylic acids is 1. The summed E-state index contributed by atoms with van der Waals surface area (Å²) >= 11 is 3.47. The molecule has 2 aromatic rings. The highest BCUT2D eigenvalue weighted by Crippen LogP contribution is 2.35. The van der Waals surface area contributed by atoms with E-state index in [4.69, 9.17) is 9.84 Å². The van der Waals surface area contributed by atoms with Crippen molar-refractivity contribution < 1.29 is 19.7 Å². The van der Waals surface area contributed by atoms with Crippen LogP contribution in [0.2, 0.25) is 0 Å². The molecule has 0 aromatic heterocycles. The number of rotatable bonds is 7. The van der Waals surface area contributed by atoms with Gasteiger partial charge in [0.05, 0.1) is 0 Å². The smallest absolute Gasteiger partial charge is 0.347 e. The average molecular weight is 393 g/mol. The van der Waals surface area contributed by atoms with E-state index in [2.05, 4.69) is 15.9 Å². The second kappa shape index (κ2) is 7.71. The summed E-state index contributed by atoms with van der Waals surface area (Å²) in [6.07, 6.45) is 0.832. The molecular weight excluding hydrogens is 372 g/mol. The summed E-state index contributed by atoms with van der Waals surface area (Å²) in [6, 6.07) is 14.7. The Bertz CT molecular complexity index is 695. The Morgan fingerprint density at radius 1 is 1.17 bits per heavy atom. The van der Waals surface area contributed by atoms with E-state index in [9.17, 15) is 9.90 Å². The number of para-hydroxylation sites is 1. The third-order valence-electron chi connectivity index (χ3n) is 3.88. The average Bonchev–Trinajstić information content (AvgIpc) is 2.54. The number of ether oxygens (including phenoxy) is 1. The molecule has 2 N–H and O–H groups in total. The molecule has 0 aliphatic heterocycles. The van der Waals surface area contributed by atoms with Crippen LogP contribution in [-0.2, 0) is 4.79 Å². The van der Waals surface area contributed by atoms with Gasteiger partial charge in [-0.3, -0.25) is 0 Å². The van der Waals surface area contributed by atoms with Crippen molar-refractivity contribution >= 4 is 21.9 Å². The number of carboxylic acids is 1. The van der Waals surface area contributed by atoms with Crippen molar-refractivity contribution in [1.29, 1.82) is 0 Å². The van der Waals surface area contributed by atoms with Gasteiger partial charge in [-0.1, -0.05) is 46.3 Å². The Hall–Kier alpha value is -2.01. The SMILES string of the molecule is CC(C)(Oc1ccc(C(CCBr)c2ccccc2O)cc1)C(=O)O. The first-order valence-electron chi connectivity index (χ1n) is 7.71. The van der Waals surface area contributed by atoms with Crippen LogP contribution in [0.5, 0.6) is 11.5 Å². The van der Waals surface area contributed by atoms with Crippen molar-refractivity contribution in [2.45, 2.75) is 31.8 Å². The largest absolute Gasteiger partial charge is 0.508 e. The summed E-state index contributed by atoms with van der Waals surface area (Å²) in [5.41, 5.74) is 0.627. The molecule has 0 heterocycles. The van der Waals surface area contributed by atoms with Crippen LogP contribution in [-0.4, -0.2) is 27.1 Å². The Labute approximate surface area is 150 Å². The van der Waals surface area contributed by atoms with Crippen LogP contribution in [0.15, 0.2) is 48.5 Å². The minimum absolute atomic E-state index is 0.0482. The van der Waals surface area contributed by atoms with E-state index in [-0.39, 0.29) is 11.7 Å². The highest BCUT2D eigenvalue weighted by atomic mass is 79.9. The predicted molar refractivity (Wildman–Crippen MR) is 97.1 cm³/mol. The summed E-state index contributed by atoms with van der Waals surface area (Å²) in [4.78, 5) is 11.2. The third kappa shape index (κ3) is 4.29. The molecule has 2 aromatic carbocycles. The third-order valence-corrected chi connectivity index (χ3v) is 4.34. The van der Waals surface area contributed by atoms with E-state index in [0.29, 0.717) is 5.75 Å². The van der Waals surface area contributed by atoms with E-state index in [0.717, 1.165) is 22.9 Å². The number of phenolic OH excluding ortho intramolecular Hbond substituents is 1. The van der Waals surface area contributed by atoms with Crippen molar-refractivity contribution in [3.05, 3.63) is 59.7 Å². The molecule has 0 saturated heterocycles. The fourth-order valence-electron chi connectivity index (χ4n) is 2.50. The first kappa shape index (κ1) is 18.3. The second-order valence-corrected chi connectivity index (χ2v) is 6.87. The molecule has 0 bridgehead atoms. The van der Waals surface area contributed by atoms with Crippen molar-refractivity contribution in [3.63, 3.8) is 0 Å². The standard InChI is InChI=1S/C19H21BrO4/c1-19(2,18(22)23)24-14-9-7-13(8-10-14)15(11-12-20)16-5-3-4-6-17(16)21/h3-10,15,21H,11-12H2,1-2H3,(H,22,23). The highest BCUT2D eigenvalue weighted by molar-refractivity contribution is 9.09. The van der Waals surface area contributed by atoms with E-state index in [1.54, 1.807) is 24.3 Å². The number of hydrogen-bond donors (Lipinski definition) is 2. The normalized spacial score (nSPS) is 12.6. The molecule has 5 heteroatoms. The van der Waals surface area contributed by atoms with Crippen LogP contribution in [0.3, 0.4) is 0 Å². The molecular formula is C19H21BrO4. The number of aromatic hydroxyl groups is 1. The lowest BCUT2D eigenvalue weighted by Crippen LogP contribution is -2.37. The molecule has 128 valence electrons. The van der Waals surface area contributed by atoms with Gasteiger partial charge in [-0.2, -0.15) is 0 Å². The maximum atomic E-state index is 11.2. The van der Waals surface area contributed by atoms with Gasteiger partial charge >= 0.3 is 5.97 Å². The molecule has 0 radical (unpaired) electrons. The lowest BCUT2D eigenvalue weighted by molar-refractivity contribution is -0.152. The summed E-state index contributed by atoms with van der Waals surface area (Å²) in [7, 11) is 0. The molecule has 1 atom stereocenters. The van der Waals surface area contributed by atoms with Gasteiger partial charge in [0.2, 0.25) is 0 Å². The first-order chi connectivity index (χ1) is 11.3. The Balaban J connectivity index is 2.27. The molecule has 0 spiro atoms. The van der Waals surface area contributed by atoms with Crippen LogP contribution in [0, 0.1) is 0 Å². The maximum Gasteiger partial charge on any atom is 0.347 e. The van der Waals surface area contributed by atoms with Crippen LogP contribution < -0.4 is 4.74 Å². The minimum Gasteiger partial charge on any atom is -0.508 e. The molecule has 1 unspecified atom stereocenters. The van der Waals surface area contributed by atoms with Crippen LogP contribution in [0.25, 0.3) is 0 Å². The maximum absolute atomic E-state index is 11.2. The van der Waals surface area contributed by atoms with E-state index in [1.165, 1.54) is 13.8 Å². The number of halogens is 1. The minimum atomic E-state index is -1.28. The second-order valence-electron chi connectivity index (χ2n) is 6.08. The number of carboxylic acid groups (broad SMARTS) is 1. The monoisotopic (exact) mass is 392 g/mol. The zero-order valence-corrected chi connectivity index (χ0v) is 15.3. The quantitative estimate of drug-likeness (QED) is 0.678. The van der Waals surface area contributed by atoms with Gasteiger partial charge in [0.15, 0.2) is 5.60 Å². The summed E-state index contributed by atoms with van der Waals surface area (Å²) in [5, 5.41) is 20.1. The van der Waals surface area contributed by atoms with Gasteiger partial charge in [0, 0.05) is 16.8 Å². The lowest BCUT2D eigenvalue weighted by Gasteiger charge is -2.22. The first-order valence-corrected chi connectivity index (χ1v) is 8.83. The van der Waals surface area contributed by atoms with E-state index in [1.807, 2.05) is 24.3 Å². The Morgan fingerprint density at radius 2 is 1.79 bits per heavy atom. The van der Waals surface area contributed by atoms with Crippen molar-refractivity contribution in [2.75, 3.05) is 5.33 Å². The zero-order valence-electron chi connectivity index (χ0n) is 13.7. The molecule has 0 amide bonds. The molecule has 2 rings (SSSR count). The number of phenols is 1. The number of benzene rings is 2. The van der Waals surface area contributed by atoms with Gasteiger partial charge in [-0.15, -0.1) is 0 Å². The lowest BCUT2D eigenvalue weighted by atomic mass is 9.88. The number of alkyl halides is 1. The Morgan fingerprint density at radius 3 is 2.33 bits per heavy atom. The van der Waals surface area contributed by atoms with Crippen molar-refractivity contribution in [3.8, 4) is 11.5 Å². The van der Waals surface area contributed by atoms with E-state index >= 15 is 0 Å². The van der Waals surface area contributed by atoms with Gasteiger partial charge in [0.25, 0.3) is 0 Å². The van der Waals surface area contributed by atoms with Crippen LogP contribution in [0.4, 0.5) is 0 Å². The van der Waals surface area contributed by atoms with E-state index < -0.39 is 11.6 Å². The summed E-state index contributed by atoms with van der Waals surface area (Å²) in [6.45, 7) is 3.03. The summed E-state index contributed by atoms with van der Waals surface area (Å²) < 4.78 is 5.53. The van der Waals surface area contributed by atoms with Crippen molar-refractivity contribution in [2.24, 2.45) is 0 Å². The molecule has 0 saturated carbocycles. The molecule has 0 aliphatic carbocycles. The van der Waals surface area contributed by atoms with Gasteiger partial charge < -0.3 is 14.9 Å². The van der Waals surface area contributed by atoms with Crippen molar-refractivity contribution in [1.82, 2.24) is 0 Å². The van der Waals surface area contributed by atoms with Gasteiger partial charge in [-0.25, -0.2) is 4.79 Å². The number of hydrogen-bond acceptors (Lipinski definition) is 3. The fourth-order valence-corrected chi connectivity index (χ4v) is 2.96. The fraction of sp³-hybridized carbons (Fsp3) is 0.316. The highest BCUT2D eigenvalue weighted by Gasteiger charge is 2.29. The molecule has 0 fully saturated rings. The molecule has 4 nitrogen and oxygen atoms in total. The van der Waals surface area contributed by atoms with Gasteiger partial charge in [-0.05, 0) is 44.0 Å². The van der Waals surface area contributed by atoms with Crippen LogP contribution >= 0.6 is 15.9 Å². The van der Waals surface area contributed by atoms with Gasteiger partial charge in [0.1, 0.15) is 11.5 Å². The molecule has 24 heavy (non-hydrogen) atoms. The zero-order chi connectivity index (χ0) is 17.7. The predicted octanol–water partition coefficient (Wildman–Crippen LogP) is 4.55. The molecule has 0 aliphatic rings. The van der Waals surface area contributed by atoms with Crippen LogP contribution in [0.1, 0.15) is 37.3 Å². The Kier molecular flexibility index (Phi) is 5.89. The summed E-state index contributed by atoms with van der Waals surface area (Å²) in [5.74, 6) is -0.193.